The zero-order chi connectivity index (χ0) is 12.3. The second-order valence-corrected chi connectivity index (χ2v) is 6.30. The van der Waals surface area contributed by atoms with Gasteiger partial charge >= 0.3 is 0 Å². The van der Waals surface area contributed by atoms with E-state index in [2.05, 4.69) is 36.1 Å². The summed E-state index contributed by atoms with van der Waals surface area (Å²) >= 11 is 0. The van der Waals surface area contributed by atoms with Crippen molar-refractivity contribution in [3.63, 3.8) is 0 Å². The Morgan fingerprint density at radius 1 is 1.18 bits per heavy atom. The molecule has 0 saturated carbocycles. The van der Waals surface area contributed by atoms with Crippen LogP contribution in [0.5, 0.6) is 0 Å². The molecule has 2 atom stereocenters. The summed E-state index contributed by atoms with van der Waals surface area (Å²) in [6.07, 6.45) is 4.16. The predicted octanol–water partition coefficient (Wildman–Crippen LogP) is 1.26. The van der Waals surface area contributed by atoms with Gasteiger partial charge in [0.05, 0.1) is 0 Å². The molecule has 2 aliphatic rings. The van der Waals surface area contributed by atoms with Crippen LogP contribution in [0, 0.1) is 11.8 Å². The maximum Gasteiger partial charge on any atom is 0.00796 e. The van der Waals surface area contributed by atoms with Gasteiger partial charge in [-0.05, 0) is 71.8 Å². The highest BCUT2D eigenvalue weighted by molar-refractivity contribution is 4.84. The fraction of sp³-hybridized carbons (Fsp3) is 1.00. The molecular weight excluding hydrogens is 210 g/mol. The van der Waals surface area contributed by atoms with Crippen molar-refractivity contribution in [2.24, 2.45) is 11.8 Å². The first kappa shape index (κ1) is 13.3. The van der Waals surface area contributed by atoms with Crippen molar-refractivity contribution in [2.45, 2.75) is 32.2 Å². The lowest BCUT2D eigenvalue weighted by molar-refractivity contribution is 0.142. The van der Waals surface area contributed by atoms with Crippen molar-refractivity contribution < 1.29 is 0 Å². The van der Waals surface area contributed by atoms with E-state index >= 15 is 0 Å². The molecule has 2 unspecified atom stereocenters. The molecule has 2 rings (SSSR count). The summed E-state index contributed by atoms with van der Waals surface area (Å²) < 4.78 is 0. The number of nitrogens with one attached hydrogen (secondary N) is 1. The molecule has 2 heterocycles. The van der Waals surface area contributed by atoms with E-state index in [0.29, 0.717) is 0 Å². The summed E-state index contributed by atoms with van der Waals surface area (Å²) in [5.74, 6) is 1.82. The van der Waals surface area contributed by atoms with Gasteiger partial charge in [-0.25, -0.2) is 0 Å². The van der Waals surface area contributed by atoms with E-state index in [1.165, 1.54) is 52.0 Å². The predicted molar refractivity (Wildman–Crippen MR) is 73.3 cm³/mol. The van der Waals surface area contributed by atoms with Gasteiger partial charge in [0, 0.05) is 19.1 Å². The van der Waals surface area contributed by atoms with E-state index in [1.807, 2.05) is 0 Å². The van der Waals surface area contributed by atoms with E-state index in [4.69, 9.17) is 0 Å². The van der Waals surface area contributed by atoms with Crippen molar-refractivity contribution in [2.75, 3.05) is 46.8 Å². The lowest BCUT2D eigenvalue weighted by Crippen LogP contribution is -2.41. The van der Waals surface area contributed by atoms with Gasteiger partial charge < -0.3 is 15.1 Å². The van der Waals surface area contributed by atoms with E-state index in [9.17, 15) is 0 Å². The first-order valence-corrected chi connectivity index (χ1v) is 7.25. The normalized spacial score (nSPS) is 32.5. The molecule has 3 heteroatoms. The highest BCUT2D eigenvalue weighted by Gasteiger charge is 2.27. The third-order valence-electron chi connectivity index (χ3n) is 4.51. The maximum absolute atomic E-state index is 3.56. The molecule has 0 aliphatic carbocycles. The molecule has 3 nitrogen and oxygen atoms in total. The molecule has 2 saturated heterocycles. The molecule has 0 aromatic carbocycles. The summed E-state index contributed by atoms with van der Waals surface area (Å²) in [7, 11) is 4.39. The molecule has 0 aromatic rings. The van der Waals surface area contributed by atoms with Gasteiger partial charge in [0.2, 0.25) is 0 Å². The summed E-state index contributed by atoms with van der Waals surface area (Å²) in [5.41, 5.74) is 0. The molecular formula is C14H29N3. The monoisotopic (exact) mass is 239 g/mol. The third kappa shape index (κ3) is 3.94. The molecule has 0 radical (unpaired) electrons. The van der Waals surface area contributed by atoms with Crippen molar-refractivity contribution in [3.05, 3.63) is 0 Å². The molecule has 100 valence electrons. The van der Waals surface area contributed by atoms with Gasteiger partial charge in [0.15, 0.2) is 0 Å². The number of hydrogen-bond acceptors (Lipinski definition) is 3. The van der Waals surface area contributed by atoms with E-state index in [1.54, 1.807) is 0 Å². The number of likely N-dealkylation sites (tertiary alicyclic amines) is 1. The summed E-state index contributed by atoms with van der Waals surface area (Å²) in [4.78, 5) is 5.03. The number of hydrogen-bond donors (Lipinski definition) is 1. The molecule has 0 spiro atoms. The Labute approximate surface area is 107 Å². The topological polar surface area (TPSA) is 18.5 Å². The van der Waals surface area contributed by atoms with Crippen LogP contribution in [0.4, 0.5) is 0 Å². The van der Waals surface area contributed by atoms with Crippen LogP contribution in [0.25, 0.3) is 0 Å². The van der Waals surface area contributed by atoms with Gasteiger partial charge in [0.25, 0.3) is 0 Å². The highest BCUT2D eigenvalue weighted by atomic mass is 15.1. The first-order chi connectivity index (χ1) is 8.15. The van der Waals surface area contributed by atoms with Gasteiger partial charge in [-0.1, -0.05) is 0 Å². The average molecular weight is 239 g/mol. The van der Waals surface area contributed by atoms with Crippen molar-refractivity contribution in [1.29, 1.82) is 0 Å². The van der Waals surface area contributed by atoms with Crippen molar-refractivity contribution in [1.82, 2.24) is 15.1 Å². The van der Waals surface area contributed by atoms with Crippen LogP contribution in [0.1, 0.15) is 26.2 Å². The molecule has 17 heavy (non-hydrogen) atoms. The zero-order valence-electron chi connectivity index (χ0n) is 11.8. The van der Waals surface area contributed by atoms with Gasteiger partial charge in [-0.2, -0.15) is 0 Å². The van der Waals surface area contributed by atoms with E-state index in [0.717, 1.165) is 17.9 Å². The Balaban J connectivity index is 1.68. The number of nitrogens with zero attached hydrogens (tertiary/aromatic N) is 2. The van der Waals surface area contributed by atoms with Crippen LogP contribution >= 0.6 is 0 Å². The SMILES string of the molecule is CC1NCCC1CN1CCC(CN(C)C)CC1. The Morgan fingerprint density at radius 3 is 2.41 bits per heavy atom. The Kier molecular flexibility index (Phi) is 4.83. The Hall–Kier alpha value is -0.120. The van der Waals surface area contributed by atoms with E-state index < -0.39 is 0 Å². The number of rotatable bonds is 4. The third-order valence-corrected chi connectivity index (χ3v) is 4.51. The minimum absolute atomic E-state index is 0.731. The summed E-state index contributed by atoms with van der Waals surface area (Å²) in [5, 5.41) is 3.56. The fourth-order valence-electron chi connectivity index (χ4n) is 3.36. The summed E-state index contributed by atoms with van der Waals surface area (Å²) in [6, 6.07) is 0.731. The standard InChI is InChI=1S/C14H29N3/c1-12-14(4-7-15-12)11-17-8-5-13(6-9-17)10-16(2)3/h12-15H,4-11H2,1-3H3. The molecule has 0 amide bonds. The van der Waals surface area contributed by atoms with Crippen LogP contribution in [-0.4, -0.2) is 62.7 Å². The lowest BCUT2D eigenvalue weighted by atomic mass is 9.94. The molecule has 2 aliphatic heterocycles. The minimum atomic E-state index is 0.731. The lowest BCUT2D eigenvalue weighted by Gasteiger charge is -2.35. The second-order valence-electron chi connectivity index (χ2n) is 6.30. The number of piperidine rings is 1. The van der Waals surface area contributed by atoms with Gasteiger partial charge in [-0.15, -0.1) is 0 Å². The van der Waals surface area contributed by atoms with Crippen molar-refractivity contribution >= 4 is 0 Å². The maximum atomic E-state index is 3.56. The molecule has 1 N–H and O–H groups in total. The van der Waals surface area contributed by atoms with Gasteiger partial charge in [0.1, 0.15) is 0 Å². The van der Waals surface area contributed by atoms with E-state index in [-0.39, 0.29) is 0 Å². The zero-order valence-corrected chi connectivity index (χ0v) is 11.8. The smallest absolute Gasteiger partial charge is 0.00796 e. The fourth-order valence-corrected chi connectivity index (χ4v) is 3.36. The van der Waals surface area contributed by atoms with Gasteiger partial charge in [-0.3, -0.25) is 0 Å². The average Bonchev–Trinajstić information content (AvgIpc) is 2.67. The quantitative estimate of drug-likeness (QED) is 0.797. The largest absolute Gasteiger partial charge is 0.314 e. The Bertz CT molecular complexity index is 222. The summed E-state index contributed by atoms with van der Waals surface area (Å²) in [6.45, 7) is 8.81. The van der Waals surface area contributed by atoms with Crippen LogP contribution in [-0.2, 0) is 0 Å². The molecule has 0 bridgehead atoms. The van der Waals surface area contributed by atoms with Crippen LogP contribution < -0.4 is 5.32 Å². The Morgan fingerprint density at radius 2 is 1.88 bits per heavy atom. The van der Waals surface area contributed by atoms with Crippen molar-refractivity contribution in [3.8, 4) is 0 Å². The minimum Gasteiger partial charge on any atom is -0.314 e. The molecule has 0 aromatic heterocycles. The van der Waals surface area contributed by atoms with Crippen LogP contribution in [0.15, 0.2) is 0 Å². The highest BCUT2D eigenvalue weighted by Crippen LogP contribution is 2.22. The first-order valence-electron chi connectivity index (χ1n) is 7.25. The molecule has 2 fully saturated rings. The van der Waals surface area contributed by atoms with Crippen LogP contribution in [0.3, 0.4) is 0 Å². The van der Waals surface area contributed by atoms with Crippen LogP contribution in [0.2, 0.25) is 0 Å². The second kappa shape index (κ2) is 6.17.